The largest absolute Gasteiger partial charge is 0.465 e. The summed E-state index contributed by atoms with van der Waals surface area (Å²) < 4.78 is 21.0. The molecule has 2 unspecified atom stereocenters. The van der Waals surface area contributed by atoms with Crippen molar-refractivity contribution in [3.63, 3.8) is 0 Å². The number of aliphatic hydroxyl groups excluding tert-OH is 2. The van der Waals surface area contributed by atoms with Crippen LogP contribution in [-0.2, 0) is 28.5 Å². The fourth-order valence-corrected chi connectivity index (χ4v) is 2.56. The molecular formula is C22H42O8. The molecule has 0 fully saturated rings. The number of unbranched alkanes of at least 4 members (excludes halogenated alkanes) is 5. The highest BCUT2D eigenvalue weighted by Crippen LogP contribution is 2.07. The van der Waals surface area contributed by atoms with Gasteiger partial charge >= 0.3 is 11.9 Å². The predicted molar refractivity (Wildman–Crippen MR) is 113 cm³/mol. The molecule has 0 saturated heterocycles. The maximum atomic E-state index is 11.7. The molecule has 0 aliphatic rings. The summed E-state index contributed by atoms with van der Waals surface area (Å²) in [6.07, 6.45) is 7.83. The quantitative estimate of drug-likeness (QED) is 0.161. The fraction of sp³-hybridized carbons (Fsp3) is 0.909. The summed E-state index contributed by atoms with van der Waals surface area (Å²) in [4.78, 5) is 23.2. The molecule has 0 saturated carbocycles. The third kappa shape index (κ3) is 17.6. The van der Waals surface area contributed by atoms with E-state index in [1.165, 1.54) is 12.8 Å². The van der Waals surface area contributed by atoms with Crippen molar-refractivity contribution in [2.75, 3.05) is 46.4 Å². The van der Waals surface area contributed by atoms with Crippen LogP contribution in [0.2, 0.25) is 0 Å². The van der Waals surface area contributed by atoms with Crippen molar-refractivity contribution in [2.45, 2.75) is 71.6 Å². The number of carbonyl (C=O) groups excluding carboxylic acids is 2. The van der Waals surface area contributed by atoms with E-state index in [1.807, 2.05) is 6.92 Å². The van der Waals surface area contributed by atoms with Crippen LogP contribution >= 0.6 is 0 Å². The Morgan fingerprint density at radius 3 is 1.60 bits per heavy atom. The number of aliphatic hydroxyl groups is 2. The zero-order valence-electron chi connectivity index (χ0n) is 18.8. The standard InChI is InChI=1S/C22H42O8/c1-3-5-7-8-9-11-22(26)30-17-20(13-24)15-28-18-27-14-19(12-23)16-29-21(25)10-6-4-2/h19-20,23-24H,3-18H2,1-2H3. The van der Waals surface area contributed by atoms with Crippen molar-refractivity contribution < 1.29 is 38.7 Å². The van der Waals surface area contributed by atoms with Crippen molar-refractivity contribution in [2.24, 2.45) is 11.8 Å². The van der Waals surface area contributed by atoms with Gasteiger partial charge in [0.25, 0.3) is 0 Å². The fourth-order valence-electron chi connectivity index (χ4n) is 2.56. The molecule has 0 aromatic heterocycles. The van der Waals surface area contributed by atoms with Gasteiger partial charge in [-0.05, 0) is 12.8 Å². The Morgan fingerprint density at radius 2 is 1.13 bits per heavy atom. The highest BCUT2D eigenvalue weighted by molar-refractivity contribution is 5.69. The van der Waals surface area contributed by atoms with Crippen LogP contribution in [0.15, 0.2) is 0 Å². The van der Waals surface area contributed by atoms with Crippen molar-refractivity contribution in [3.05, 3.63) is 0 Å². The molecular weight excluding hydrogens is 392 g/mol. The van der Waals surface area contributed by atoms with E-state index < -0.39 is 0 Å². The van der Waals surface area contributed by atoms with E-state index in [0.717, 1.165) is 32.1 Å². The minimum absolute atomic E-state index is 0.0256. The lowest BCUT2D eigenvalue weighted by Crippen LogP contribution is -2.25. The van der Waals surface area contributed by atoms with Gasteiger partial charge in [-0.3, -0.25) is 9.59 Å². The molecule has 0 spiro atoms. The molecule has 30 heavy (non-hydrogen) atoms. The van der Waals surface area contributed by atoms with E-state index >= 15 is 0 Å². The summed E-state index contributed by atoms with van der Waals surface area (Å²) in [5, 5.41) is 18.7. The van der Waals surface area contributed by atoms with Gasteiger partial charge in [-0.1, -0.05) is 46.0 Å². The number of rotatable bonds is 21. The first-order chi connectivity index (χ1) is 14.6. The van der Waals surface area contributed by atoms with E-state index in [2.05, 4.69) is 6.92 Å². The number of hydrogen-bond donors (Lipinski definition) is 2. The Morgan fingerprint density at radius 1 is 0.667 bits per heavy atom. The monoisotopic (exact) mass is 434 g/mol. The van der Waals surface area contributed by atoms with Gasteiger partial charge in [-0.2, -0.15) is 0 Å². The van der Waals surface area contributed by atoms with E-state index in [-0.39, 0.29) is 70.2 Å². The Balaban J connectivity index is 3.79. The minimum Gasteiger partial charge on any atom is -0.465 e. The van der Waals surface area contributed by atoms with Crippen molar-refractivity contribution in [3.8, 4) is 0 Å². The molecule has 8 heteroatoms. The first-order valence-corrected chi connectivity index (χ1v) is 11.3. The average Bonchev–Trinajstić information content (AvgIpc) is 2.75. The maximum Gasteiger partial charge on any atom is 0.305 e. The van der Waals surface area contributed by atoms with Gasteiger partial charge in [0.1, 0.15) is 6.79 Å². The minimum atomic E-state index is -0.314. The van der Waals surface area contributed by atoms with Crippen LogP contribution in [0.5, 0.6) is 0 Å². The summed E-state index contributed by atoms with van der Waals surface area (Å²) in [5.41, 5.74) is 0. The summed E-state index contributed by atoms with van der Waals surface area (Å²) in [5.74, 6) is -1.15. The number of hydrogen-bond acceptors (Lipinski definition) is 8. The molecule has 2 N–H and O–H groups in total. The van der Waals surface area contributed by atoms with Crippen molar-refractivity contribution in [1.82, 2.24) is 0 Å². The van der Waals surface area contributed by atoms with Gasteiger partial charge in [0.15, 0.2) is 0 Å². The molecule has 0 aromatic carbocycles. The Labute approximate surface area is 181 Å². The molecule has 0 aromatic rings. The first kappa shape index (κ1) is 28.8. The zero-order valence-corrected chi connectivity index (χ0v) is 18.8. The lowest BCUT2D eigenvalue weighted by atomic mass is 10.1. The van der Waals surface area contributed by atoms with Crippen LogP contribution in [-0.4, -0.2) is 68.6 Å². The summed E-state index contributed by atoms with van der Waals surface area (Å²) >= 11 is 0. The van der Waals surface area contributed by atoms with Gasteiger partial charge in [0.05, 0.1) is 39.6 Å². The number of esters is 2. The molecule has 0 radical (unpaired) electrons. The maximum absolute atomic E-state index is 11.7. The summed E-state index contributed by atoms with van der Waals surface area (Å²) in [7, 11) is 0. The highest BCUT2D eigenvalue weighted by Gasteiger charge is 2.14. The van der Waals surface area contributed by atoms with Gasteiger partial charge < -0.3 is 29.2 Å². The summed E-state index contributed by atoms with van der Waals surface area (Å²) in [6.45, 7) is 4.40. The van der Waals surface area contributed by atoms with Gasteiger partial charge in [0.2, 0.25) is 0 Å². The normalized spacial score (nSPS) is 13.1. The molecule has 2 atom stereocenters. The third-order valence-electron chi connectivity index (χ3n) is 4.57. The topological polar surface area (TPSA) is 112 Å². The molecule has 0 amide bonds. The zero-order chi connectivity index (χ0) is 22.5. The van der Waals surface area contributed by atoms with Crippen LogP contribution in [0.3, 0.4) is 0 Å². The molecule has 0 bridgehead atoms. The van der Waals surface area contributed by atoms with Gasteiger partial charge in [-0.15, -0.1) is 0 Å². The van der Waals surface area contributed by atoms with Crippen molar-refractivity contribution in [1.29, 1.82) is 0 Å². The van der Waals surface area contributed by atoms with E-state index in [1.54, 1.807) is 0 Å². The number of carbonyl (C=O) groups is 2. The van der Waals surface area contributed by atoms with Crippen LogP contribution in [0.4, 0.5) is 0 Å². The molecule has 0 rings (SSSR count). The van der Waals surface area contributed by atoms with Crippen LogP contribution in [0, 0.1) is 11.8 Å². The van der Waals surface area contributed by atoms with Crippen LogP contribution in [0.25, 0.3) is 0 Å². The van der Waals surface area contributed by atoms with Crippen LogP contribution in [0.1, 0.15) is 71.6 Å². The third-order valence-corrected chi connectivity index (χ3v) is 4.57. The molecule has 0 aliphatic heterocycles. The lowest BCUT2D eigenvalue weighted by Gasteiger charge is -2.17. The van der Waals surface area contributed by atoms with Gasteiger partial charge in [0, 0.05) is 24.7 Å². The Kier molecular flexibility index (Phi) is 20.2. The molecule has 8 nitrogen and oxygen atoms in total. The summed E-state index contributed by atoms with van der Waals surface area (Å²) in [6, 6.07) is 0. The SMILES string of the molecule is CCCCCCCC(=O)OCC(CO)COCOCC(CO)COC(=O)CCCC. The second-order valence-electron chi connectivity index (χ2n) is 7.59. The number of ether oxygens (including phenoxy) is 4. The molecule has 178 valence electrons. The lowest BCUT2D eigenvalue weighted by molar-refractivity contribution is -0.148. The second kappa shape index (κ2) is 21.0. The second-order valence-corrected chi connectivity index (χ2v) is 7.59. The van der Waals surface area contributed by atoms with E-state index in [0.29, 0.717) is 12.8 Å². The average molecular weight is 435 g/mol. The molecule has 0 heterocycles. The van der Waals surface area contributed by atoms with Gasteiger partial charge in [-0.25, -0.2) is 0 Å². The van der Waals surface area contributed by atoms with Crippen molar-refractivity contribution >= 4 is 11.9 Å². The highest BCUT2D eigenvalue weighted by atomic mass is 16.7. The predicted octanol–water partition coefficient (Wildman–Crippen LogP) is 2.83. The first-order valence-electron chi connectivity index (χ1n) is 11.3. The smallest absolute Gasteiger partial charge is 0.305 e. The molecule has 0 aliphatic carbocycles. The Bertz CT molecular complexity index is 416. The Hall–Kier alpha value is -1.22. The van der Waals surface area contributed by atoms with E-state index in [9.17, 15) is 19.8 Å². The van der Waals surface area contributed by atoms with E-state index in [4.69, 9.17) is 18.9 Å². The van der Waals surface area contributed by atoms with Crippen LogP contribution < -0.4 is 0 Å².